The van der Waals surface area contributed by atoms with E-state index in [-0.39, 0.29) is 0 Å². The lowest BCUT2D eigenvalue weighted by molar-refractivity contribution is -0.204. The maximum Gasteiger partial charge on any atom is 0.252 e. The first kappa shape index (κ1) is 22.6. The Bertz CT molecular complexity index is 893. The third-order valence-electron chi connectivity index (χ3n) is 5.19. The van der Waals surface area contributed by atoms with E-state index in [1.54, 1.807) is 18.2 Å². The summed E-state index contributed by atoms with van der Waals surface area (Å²) >= 11 is 0. The molecule has 0 saturated carbocycles. The van der Waals surface area contributed by atoms with Crippen molar-refractivity contribution in [3.8, 4) is 6.07 Å². The number of hydrogen-bond donors (Lipinski definition) is 5. The van der Waals surface area contributed by atoms with Gasteiger partial charge in [-0.3, -0.25) is 4.84 Å². The van der Waals surface area contributed by atoms with Crippen LogP contribution in [0, 0.1) is 11.3 Å². The molecule has 0 spiro atoms. The van der Waals surface area contributed by atoms with Crippen LogP contribution in [0.4, 0.5) is 5.69 Å². The number of benzene rings is 1. The zero-order valence-electron chi connectivity index (χ0n) is 16.3. The van der Waals surface area contributed by atoms with Gasteiger partial charge in [-0.25, -0.2) is 8.42 Å². The zero-order valence-corrected chi connectivity index (χ0v) is 17.1. The van der Waals surface area contributed by atoms with Gasteiger partial charge in [-0.05, 0) is 43.0 Å². The van der Waals surface area contributed by atoms with E-state index in [1.807, 2.05) is 12.1 Å². The lowest BCUT2D eigenvalue weighted by atomic mass is 10.1. The summed E-state index contributed by atoms with van der Waals surface area (Å²) in [7, 11) is -4.32. The molecule has 0 radical (unpaired) electrons. The highest BCUT2D eigenvalue weighted by atomic mass is 32.2. The molecule has 10 nitrogen and oxygen atoms in total. The predicted octanol–water partition coefficient (Wildman–Crippen LogP) is -0.596. The summed E-state index contributed by atoms with van der Waals surface area (Å²) in [5.41, 5.74) is 3.82. The topological polar surface area (TPSA) is 155 Å². The third kappa shape index (κ3) is 5.16. The molecule has 2 aliphatic rings. The maximum absolute atomic E-state index is 12.6. The lowest BCUT2D eigenvalue weighted by Gasteiger charge is -2.37. The van der Waals surface area contributed by atoms with E-state index in [9.17, 15) is 23.9 Å². The molecular formula is C19H26N4O6S. The molecule has 0 bridgehead atoms. The smallest absolute Gasteiger partial charge is 0.252 e. The molecule has 0 aliphatic carbocycles. The minimum Gasteiger partial charge on any atom is -0.393 e. The molecule has 0 amide bonds. The van der Waals surface area contributed by atoms with Crippen LogP contribution < -0.4 is 15.1 Å². The Balaban J connectivity index is 1.72. The number of aliphatic hydroxyl groups is 3. The Morgan fingerprint density at radius 1 is 1.23 bits per heavy atom. The quantitative estimate of drug-likeness (QED) is 0.366. The molecule has 2 aliphatic heterocycles. The van der Waals surface area contributed by atoms with Crippen LogP contribution in [0.15, 0.2) is 29.2 Å². The number of rotatable bonds is 6. The lowest BCUT2D eigenvalue weighted by Crippen LogP contribution is -2.65. The molecule has 3 rings (SSSR count). The number of piperidine rings is 1. The number of hydroxylamine groups is 1. The Morgan fingerprint density at radius 2 is 1.90 bits per heavy atom. The van der Waals surface area contributed by atoms with E-state index in [4.69, 9.17) is 9.94 Å². The minimum absolute atomic E-state index is 0.534. The summed E-state index contributed by atoms with van der Waals surface area (Å²) in [6.45, 7) is 1.40. The van der Waals surface area contributed by atoms with Gasteiger partial charge in [0.1, 0.15) is 30.5 Å². The van der Waals surface area contributed by atoms with Crippen molar-refractivity contribution in [1.82, 2.24) is 10.2 Å². The molecule has 1 aromatic carbocycles. The normalized spacial score (nSPS) is 28.2. The number of aliphatic hydroxyl groups excluding tert-OH is 3. The van der Waals surface area contributed by atoms with Gasteiger partial charge < -0.3 is 20.2 Å². The summed E-state index contributed by atoms with van der Waals surface area (Å²) in [4.78, 5) is 6.64. The van der Waals surface area contributed by atoms with Gasteiger partial charge >= 0.3 is 0 Å². The van der Waals surface area contributed by atoms with Gasteiger partial charge in [0.05, 0.1) is 6.61 Å². The molecule has 0 aromatic heterocycles. The van der Waals surface area contributed by atoms with Crippen molar-refractivity contribution in [1.29, 1.82) is 5.26 Å². The second-order valence-corrected chi connectivity index (χ2v) is 8.98. The van der Waals surface area contributed by atoms with E-state index in [1.165, 1.54) is 12.5 Å². The minimum atomic E-state index is -4.32. The standard InChI is InChI=1S/C19H26N4O6S/c20-11-15(10-13-4-6-14(7-5-13)23-8-2-1-3-9-23)30(27,28)22-19-18(26)17(25)16(12-24)29-21-19/h4-7,10,16-19,21-22,24-26H,1-3,8-9,12H2/b15-10+/t16-,17-,18+,19-/m1/s1. The summed E-state index contributed by atoms with van der Waals surface area (Å²) in [6, 6.07) is 8.90. The number of nitrogens with one attached hydrogen (secondary N) is 2. The van der Waals surface area contributed by atoms with Crippen LogP contribution in [-0.2, 0) is 14.9 Å². The molecular weight excluding hydrogens is 412 g/mol. The Labute approximate surface area is 175 Å². The summed E-state index contributed by atoms with van der Waals surface area (Å²) < 4.78 is 27.3. The maximum atomic E-state index is 12.6. The summed E-state index contributed by atoms with van der Waals surface area (Å²) in [5.74, 6) is 0. The predicted molar refractivity (Wildman–Crippen MR) is 109 cm³/mol. The summed E-state index contributed by atoms with van der Waals surface area (Å²) in [5, 5.41) is 38.4. The molecule has 2 saturated heterocycles. The fraction of sp³-hybridized carbons (Fsp3) is 0.526. The fourth-order valence-electron chi connectivity index (χ4n) is 3.44. The molecule has 2 fully saturated rings. The average molecular weight is 439 g/mol. The van der Waals surface area contributed by atoms with Crippen molar-refractivity contribution in [3.05, 3.63) is 34.7 Å². The number of nitrogens with zero attached hydrogens (tertiary/aromatic N) is 2. The van der Waals surface area contributed by atoms with Crippen molar-refractivity contribution in [2.75, 3.05) is 24.6 Å². The zero-order chi connectivity index (χ0) is 21.7. The van der Waals surface area contributed by atoms with Gasteiger partial charge in [-0.1, -0.05) is 12.1 Å². The SMILES string of the molecule is N#C/C(=C\c1ccc(N2CCCCC2)cc1)S(=O)(=O)N[C@H]1NO[C@H](CO)[C@@H](O)[C@@H]1O. The number of hydrogen-bond acceptors (Lipinski definition) is 9. The number of nitriles is 1. The molecule has 1 aromatic rings. The van der Waals surface area contributed by atoms with Crippen molar-refractivity contribution in [2.45, 2.75) is 43.7 Å². The first-order valence-corrected chi connectivity index (χ1v) is 11.2. The van der Waals surface area contributed by atoms with Crippen LogP contribution in [0.25, 0.3) is 6.08 Å². The largest absolute Gasteiger partial charge is 0.393 e. The van der Waals surface area contributed by atoms with E-state index >= 15 is 0 Å². The Morgan fingerprint density at radius 3 is 2.50 bits per heavy atom. The van der Waals surface area contributed by atoms with Gasteiger partial charge in [0.25, 0.3) is 10.0 Å². The van der Waals surface area contributed by atoms with Crippen molar-refractivity contribution < 1.29 is 28.6 Å². The van der Waals surface area contributed by atoms with Gasteiger partial charge in [-0.2, -0.15) is 15.5 Å². The Hall–Kier alpha value is -2.04. The van der Waals surface area contributed by atoms with Crippen molar-refractivity contribution >= 4 is 21.8 Å². The monoisotopic (exact) mass is 438 g/mol. The average Bonchev–Trinajstić information content (AvgIpc) is 2.76. The number of allylic oxidation sites excluding steroid dienone is 1. The first-order valence-electron chi connectivity index (χ1n) is 9.73. The summed E-state index contributed by atoms with van der Waals surface area (Å²) in [6.07, 6.45) is -0.871. The molecule has 5 N–H and O–H groups in total. The van der Waals surface area contributed by atoms with E-state index < -0.39 is 46.0 Å². The second kappa shape index (κ2) is 9.84. The van der Waals surface area contributed by atoms with Crippen LogP contribution in [0.2, 0.25) is 0 Å². The Kier molecular flexibility index (Phi) is 7.43. The molecule has 4 atom stereocenters. The molecule has 2 heterocycles. The van der Waals surface area contributed by atoms with E-state index in [0.717, 1.165) is 31.6 Å². The highest BCUT2D eigenvalue weighted by Crippen LogP contribution is 2.22. The molecule has 30 heavy (non-hydrogen) atoms. The first-order chi connectivity index (χ1) is 14.4. The third-order valence-corrected chi connectivity index (χ3v) is 6.54. The molecule has 11 heteroatoms. The van der Waals surface area contributed by atoms with Crippen LogP contribution in [0.1, 0.15) is 24.8 Å². The number of sulfonamides is 1. The van der Waals surface area contributed by atoms with Crippen LogP contribution in [0.5, 0.6) is 0 Å². The van der Waals surface area contributed by atoms with Crippen LogP contribution in [0.3, 0.4) is 0 Å². The molecule has 164 valence electrons. The van der Waals surface area contributed by atoms with Gasteiger partial charge in [0.2, 0.25) is 0 Å². The van der Waals surface area contributed by atoms with Crippen LogP contribution >= 0.6 is 0 Å². The van der Waals surface area contributed by atoms with Crippen molar-refractivity contribution in [2.24, 2.45) is 0 Å². The molecule has 0 unspecified atom stereocenters. The van der Waals surface area contributed by atoms with Crippen LogP contribution in [-0.4, -0.2) is 67.9 Å². The second-order valence-electron chi connectivity index (χ2n) is 7.30. The van der Waals surface area contributed by atoms with Gasteiger partial charge in [0.15, 0.2) is 4.91 Å². The fourth-order valence-corrected chi connectivity index (χ4v) is 4.50. The van der Waals surface area contributed by atoms with Crippen molar-refractivity contribution in [3.63, 3.8) is 0 Å². The van der Waals surface area contributed by atoms with E-state index in [0.29, 0.717) is 5.56 Å². The van der Waals surface area contributed by atoms with E-state index in [2.05, 4.69) is 15.1 Å². The van der Waals surface area contributed by atoms with Gasteiger partial charge in [0, 0.05) is 18.8 Å². The highest BCUT2D eigenvalue weighted by Gasteiger charge is 2.40. The highest BCUT2D eigenvalue weighted by molar-refractivity contribution is 7.93. The number of anilines is 1. The van der Waals surface area contributed by atoms with Gasteiger partial charge in [-0.15, -0.1) is 0 Å².